The van der Waals surface area contributed by atoms with Gasteiger partial charge in [-0.25, -0.2) is 8.78 Å². The fourth-order valence-corrected chi connectivity index (χ4v) is 2.29. The molecule has 0 bridgehead atoms. The average Bonchev–Trinajstić information content (AvgIpc) is 2.84. The first-order valence-corrected chi connectivity index (χ1v) is 7.11. The molecule has 7 heteroatoms. The van der Waals surface area contributed by atoms with Crippen LogP contribution in [0.1, 0.15) is 35.0 Å². The Bertz CT molecular complexity index is 655. The van der Waals surface area contributed by atoms with Gasteiger partial charge in [0.05, 0.1) is 5.56 Å². The Balaban J connectivity index is 2.03. The van der Waals surface area contributed by atoms with Crippen molar-refractivity contribution >= 4 is 17.5 Å². The van der Waals surface area contributed by atoms with E-state index in [1.165, 1.54) is 17.9 Å². The molecule has 0 radical (unpaired) electrons. The summed E-state index contributed by atoms with van der Waals surface area (Å²) in [6.45, 7) is 1.81. The molecule has 2 aromatic rings. The number of carbonyl (C=O) groups excluding carboxylic acids is 1. The number of carbonyl (C=O) groups is 1. The summed E-state index contributed by atoms with van der Waals surface area (Å²) in [5, 5.41) is 6.97. The summed E-state index contributed by atoms with van der Waals surface area (Å²) in [6.07, 6.45) is -0.910. The van der Waals surface area contributed by atoms with Crippen molar-refractivity contribution in [2.75, 3.05) is 0 Å². The minimum absolute atomic E-state index is 0.0968. The highest BCUT2D eigenvalue weighted by molar-refractivity contribution is 6.30. The minimum atomic E-state index is -2.78. The van der Waals surface area contributed by atoms with Gasteiger partial charge >= 0.3 is 0 Å². The molecule has 0 fully saturated rings. The van der Waals surface area contributed by atoms with E-state index >= 15 is 0 Å². The number of hydrogen-bond donors (Lipinski definition) is 1. The van der Waals surface area contributed by atoms with E-state index < -0.39 is 18.0 Å². The summed E-state index contributed by atoms with van der Waals surface area (Å²) in [5.41, 5.74) is 0.400. The minimum Gasteiger partial charge on any atom is -0.349 e. The van der Waals surface area contributed by atoms with E-state index in [-0.39, 0.29) is 11.6 Å². The number of aryl methyl sites for hydroxylation is 1. The van der Waals surface area contributed by atoms with Crippen LogP contribution in [0.4, 0.5) is 8.78 Å². The molecule has 1 N–H and O–H groups in total. The van der Waals surface area contributed by atoms with Crippen molar-refractivity contribution in [3.05, 3.63) is 52.3 Å². The summed E-state index contributed by atoms with van der Waals surface area (Å²) >= 11 is 5.81. The number of aromatic nitrogens is 2. The Morgan fingerprint density at radius 3 is 2.59 bits per heavy atom. The molecule has 4 nitrogen and oxygen atoms in total. The Morgan fingerprint density at radius 2 is 2.00 bits per heavy atom. The number of alkyl halides is 2. The number of rotatable bonds is 5. The number of nitrogens with zero attached hydrogens (tertiary/aromatic N) is 2. The van der Waals surface area contributed by atoms with Crippen LogP contribution in [0.25, 0.3) is 0 Å². The largest absolute Gasteiger partial charge is 0.349 e. The Kier molecular flexibility index (Phi) is 5.13. The van der Waals surface area contributed by atoms with Crippen LogP contribution in [0.3, 0.4) is 0 Å². The average molecular weight is 328 g/mol. The highest BCUT2D eigenvalue weighted by Gasteiger charge is 2.23. The molecule has 0 aliphatic rings. The summed E-state index contributed by atoms with van der Waals surface area (Å²) in [7, 11) is 1.50. The lowest BCUT2D eigenvalue weighted by atomic mass is 10.1. The van der Waals surface area contributed by atoms with E-state index in [0.29, 0.717) is 11.4 Å². The van der Waals surface area contributed by atoms with E-state index in [0.717, 1.165) is 5.56 Å². The van der Waals surface area contributed by atoms with E-state index in [9.17, 15) is 13.6 Å². The van der Waals surface area contributed by atoms with Gasteiger partial charge in [-0.15, -0.1) is 0 Å². The maximum absolute atomic E-state index is 12.9. The van der Waals surface area contributed by atoms with Gasteiger partial charge in [-0.2, -0.15) is 5.10 Å². The van der Waals surface area contributed by atoms with Gasteiger partial charge < -0.3 is 5.32 Å². The number of benzene rings is 1. The lowest BCUT2D eigenvalue weighted by Crippen LogP contribution is -2.34. The van der Waals surface area contributed by atoms with Gasteiger partial charge in [0.2, 0.25) is 0 Å². The Morgan fingerprint density at radius 1 is 1.36 bits per heavy atom. The molecule has 118 valence electrons. The number of nitrogens with one attached hydrogen (secondary N) is 1. The van der Waals surface area contributed by atoms with Crippen LogP contribution in [0.5, 0.6) is 0 Å². The van der Waals surface area contributed by atoms with Crippen molar-refractivity contribution in [3.8, 4) is 0 Å². The Hall–Kier alpha value is -1.95. The van der Waals surface area contributed by atoms with Crippen molar-refractivity contribution in [3.63, 3.8) is 0 Å². The molecule has 1 heterocycles. The standard InChI is InChI=1S/C15H16ClF2N3O/c1-9(7-10-3-5-11(16)6-4-10)19-15(22)12-8-21(2)20-13(12)14(17)18/h3-6,8-9,14H,7H2,1-2H3,(H,19,22). The normalized spacial score (nSPS) is 12.5. The summed E-state index contributed by atoms with van der Waals surface area (Å²) < 4.78 is 26.9. The lowest BCUT2D eigenvalue weighted by molar-refractivity contribution is 0.0925. The first kappa shape index (κ1) is 16.4. The number of amides is 1. The molecule has 1 atom stereocenters. The quantitative estimate of drug-likeness (QED) is 0.915. The zero-order valence-corrected chi connectivity index (χ0v) is 12.9. The van der Waals surface area contributed by atoms with Crippen molar-refractivity contribution in [1.82, 2.24) is 15.1 Å². The van der Waals surface area contributed by atoms with Crippen molar-refractivity contribution in [2.45, 2.75) is 25.8 Å². The zero-order valence-electron chi connectivity index (χ0n) is 12.2. The van der Waals surface area contributed by atoms with Crippen LogP contribution in [0.2, 0.25) is 5.02 Å². The molecule has 0 aliphatic heterocycles. The first-order valence-electron chi connectivity index (χ1n) is 6.74. The van der Waals surface area contributed by atoms with Gasteiger partial charge in [0.1, 0.15) is 5.69 Å². The second-order valence-corrected chi connectivity index (χ2v) is 5.54. The molecule has 1 unspecified atom stereocenters. The van der Waals surface area contributed by atoms with Gasteiger partial charge in [-0.1, -0.05) is 23.7 Å². The third-order valence-corrected chi connectivity index (χ3v) is 3.39. The van der Waals surface area contributed by atoms with Crippen molar-refractivity contribution in [1.29, 1.82) is 0 Å². The first-order chi connectivity index (χ1) is 10.4. The molecule has 1 aromatic carbocycles. The number of hydrogen-bond acceptors (Lipinski definition) is 2. The van der Waals surface area contributed by atoms with Crippen LogP contribution in [-0.4, -0.2) is 21.7 Å². The van der Waals surface area contributed by atoms with Crippen molar-refractivity contribution in [2.24, 2.45) is 7.05 Å². The highest BCUT2D eigenvalue weighted by Crippen LogP contribution is 2.21. The van der Waals surface area contributed by atoms with Crippen LogP contribution in [0, 0.1) is 0 Å². The molecule has 1 amide bonds. The zero-order chi connectivity index (χ0) is 16.3. The summed E-state index contributed by atoms with van der Waals surface area (Å²) in [4.78, 5) is 12.1. The molecular weight excluding hydrogens is 312 g/mol. The van der Waals surface area contributed by atoms with Gasteiger partial charge in [-0.3, -0.25) is 9.48 Å². The smallest absolute Gasteiger partial charge is 0.282 e. The topological polar surface area (TPSA) is 46.9 Å². The molecular formula is C15H16ClF2N3O. The predicted octanol–water partition coefficient (Wildman–Crippen LogP) is 3.37. The fraction of sp³-hybridized carbons (Fsp3) is 0.333. The third-order valence-electron chi connectivity index (χ3n) is 3.14. The molecule has 2 rings (SSSR count). The SMILES string of the molecule is CC(Cc1ccc(Cl)cc1)NC(=O)c1cn(C)nc1C(F)F. The van der Waals surface area contributed by atoms with Crippen LogP contribution in [-0.2, 0) is 13.5 Å². The van der Waals surface area contributed by atoms with Crippen LogP contribution in [0.15, 0.2) is 30.5 Å². The highest BCUT2D eigenvalue weighted by atomic mass is 35.5. The third kappa shape index (κ3) is 4.04. The van der Waals surface area contributed by atoms with Gasteiger partial charge in [-0.05, 0) is 31.0 Å². The van der Waals surface area contributed by atoms with E-state index in [1.54, 1.807) is 12.1 Å². The molecule has 0 saturated heterocycles. The van der Waals surface area contributed by atoms with E-state index in [4.69, 9.17) is 11.6 Å². The molecule has 0 aliphatic carbocycles. The summed E-state index contributed by atoms with van der Waals surface area (Å²) in [5.74, 6) is -0.551. The maximum atomic E-state index is 12.9. The number of halogens is 3. The van der Waals surface area contributed by atoms with Gasteiger partial charge in [0.25, 0.3) is 12.3 Å². The molecule has 0 saturated carbocycles. The van der Waals surface area contributed by atoms with Gasteiger partial charge in [0.15, 0.2) is 0 Å². The second kappa shape index (κ2) is 6.87. The maximum Gasteiger partial charge on any atom is 0.282 e. The molecule has 22 heavy (non-hydrogen) atoms. The summed E-state index contributed by atoms with van der Waals surface area (Å²) in [6, 6.07) is 7.04. The van der Waals surface area contributed by atoms with E-state index in [1.807, 2.05) is 19.1 Å². The predicted molar refractivity (Wildman–Crippen MR) is 80.2 cm³/mol. The van der Waals surface area contributed by atoms with E-state index in [2.05, 4.69) is 10.4 Å². The molecule has 1 aromatic heterocycles. The monoisotopic (exact) mass is 327 g/mol. The second-order valence-electron chi connectivity index (χ2n) is 5.11. The Labute approximate surface area is 132 Å². The lowest BCUT2D eigenvalue weighted by Gasteiger charge is -2.14. The van der Waals surface area contributed by atoms with Crippen LogP contribution >= 0.6 is 11.6 Å². The van der Waals surface area contributed by atoms with Crippen LogP contribution < -0.4 is 5.32 Å². The fourth-order valence-electron chi connectivity index (χ4n) is 2.17. The van der Waals surface area contributed by atoms with Crippen molar-refractivity contribution < 1.29 is 13.6 Å². The molecule has 0 spiro atoms. The van der Waals surface area contributed by atoms with Gasteiger partial charge in [0, 0.05) is 24.3 Å².